The van der Waals surface area contributed by atoms with E-state index in [2.05, 4.69) is 15.0 Å². The Bertz CT molecular complexity index is 890. The Morgan fingerprint density at radius 3 is 2.96 bits per heavy atom. The van der Waals surface area contributed by atoms with Crippen molar-refractivity contribution in [3.63, 3.8) is 0 Å². The number of alkyl halides is 1. The lowest BCUT2D eigenvalue weighted by Crippen LogP contribution is -2.44. The second-order valence-electron chi connectivity index (χ2n) is 6.68. The fourth-order valence-electron chi connectivity index (χ4n) is 3.20. The lowest BCUT2D eigenvalue weighted by Gasteiger charge is -2.35. The maximum Gasteiger partial charge on any atom is 0.475 e. The molecule has 2 aliphatic heterocycles. The second-order valence-corrected chi connectivity index (χ2v) is 9.07. The third-order valence-corrected chi connectivity index (χ3v) is 6.33. The molecule has 2 aromatic heterocycles. The first-order valence-electron chi connectivity index (χ1n) is 8.10. The monoisotopic (exact) mass is 403 g/mol. The first kappa shape index (κ1) is 18.1. The number of nitrogens with two attached hydrogens (primary N) is 1. The van der Waals surface area contributed by atoms with Crippen LogP contribution in [0.4, 0.5) is 5.82 Å². The quantitative estimate of drug-likeness (QED) is 0.606. The Kier molecular flexibility index (Phi) is 4.26. The van der Waals surface area contributed by atoms with E-state index in [1.54, 1.807) is 25.3 Å². The zero-order chi connectivity index (χ0) is 18.7. The van der Waals surface area contributed by atoms with Gasteiger partial charge in [0.15, 0.2) is 17.7 Å². The minimum absolute atomic E-state index is 0.0389. The molecule has 4 heterocycles. The zero-order valence-corrected chi connectivity index (χ0v) is 16.1. The minimum Gasteiger partial charge on any atom is -0.382 e. The maximum atomic E-state index is 12.7. The van der Waals surface area contributed by atoms with Crippen molar-refractivity contribution in [1.82, 2.24) is 19.5 Å². The number of phosphoric acid groups is 1. The summed E-state index contributed by atoms with van der Waals surface area (Å²) in [6.07, 6.45) is 0.639. The van der Waals surface area contributed by atoms with Crippen molar-refractivity contribution in [3.05, 3.63) is 12.7 Å². The Hall–Kier alpha value is -1.29. The van der Waals surface area contributed by atoms with Gasteiger partial charge in [-0.05, 0) is 20.8 Å². The third-order valence-electron chi connectivity index (χ3n) is 4.30. The number of hydrogen-bond acceptors (Lipinski definition) is 9. The summed E-state index contributed by atoms with van der Waals surface area (Å²) in [5, 5.41) is 0. The van der Waals surface area contributed by atoms with E-state index in [4.69, 9.17) is 35.6 Å². The summed E-state index contributed by atoms with van der Waals surface area (Å²) in [5.41, 5.74) is 6.77. The minimum atomic E-state index is -3.71. The van der Waals surface area contributed by atoms with Crippen LogP contribution in [0.2, 0.25) is 0 Å². The topological polar surface area (TPSA) is 124 Å². The molecule has 10 nitrogen and oxygen atoms in total. The standard InChI is InChI=1S/C14H19ClN5O5P/c1-7(2)24-26(21)22-4-8-10(25-26)14(3,15)13(23-8)20-6-19-9-11(16)17-5-18-12(9)20/h5-8,10,13H,4H2,1-3H3,(H2,16,17,18)/t8-,10-,13-,14-,26+/m1/s1. The van der Waals surface area contributed by atoms with Crippen LogP contribution in [0.1, 0.15) is 27.0 Å². The van der Waals surface area contributed by atoms with Gasteiger partial charge >= 0.3 is 7.82 Å². The fourth-order valence-corrected chi connectivity index (χ4v) is 5.25. The van der Waals surface area contributed by atoms with Gasteiger partial charge in [0.2, 0.25) is 0 Å². The molecule has 142 valence electrons. The van der Waals surface area contributed by atoms with E-state index in [-0.39, 0.29) is 18.5 Å². The lowest BCUT2D eigenvalue weighted by atomic mass is 10.0. The van der Waals surface area contributed by atoms with Crippen LogP contribution in [0.15, 0.2) is 12.7 Å². The van der Waals surface area contributed by atoms with E-state index < -0.39 is 31.1 Å². The number of halogens is 1. The summed E-state index contributed by atoms with van der Waals surface area (Å²) in [6, 6.07) is 0. The molecule has 0 spiro atoms. The van der Waals surface area contributed by atoms with Gasteiger partial charge in [0, 0.05) is 0 Å². The summed E-state index contributed by atoms with van der Waals surface area (Å²) >= 11 is 6.80. The lowest BCUT2D eigenvalue weighted by molar-refractivity contribution is -0.0733. The highest BCUT2D eigenvalue weighted by atomic mass is 35.5. The van der Waals surface area contributed by atoms with Crippen molar-refractivity contribution in [2.45, 2.75) is 50.2 Å². The molecule has 2 N–H and O–H groups in total. The summed E-state index contributed by atoms with van der Waals surface area (Å²) in [7, 11) is -3.71. The van der Waals surface area contributed by atoms with Crippen molar-refractivity contribution < 1.29 is 22.9 Å². The van der Waals surface area contributed by atoms with E-state index in [1.165, 1.54) is 12.7 Å². The Balaban J connectivity index is 1.68. The van der Waals surface area contributed by atoms with E-state index in [0.29, 0.717) is 11.2 Å². The van der Waals surface area contributed by atoms with Gasteiger partial charge in [0.05, 0.1) is 19.0 Å². The van der Waals surface area contributed by atoms with Crippen LogP contribution in [0.5, 0.6) is 0 Å². The summed E-state index contributed by atoms with van der Waals surface area (Å²) < 4.78 is 36.7. The number of anilines is 1. The molecule has 0 radical (unpaired) electrons. The highest BCUT2D eigenvalue weighted by molar-refractivity contribution is 7.48. The summed E-state index contributed by atoms with van der Waals surface area (Å²) in [5.74, 6) is 0.259. The number of ether oxygens (including phenoxy) is 1. The second kappa shape index (κ2) is 6.12. The first-order chi connectivity index (χ1) is 12.2. The van der Waals surface area contributed by atoms with Gasteiger partial charge in [-0.2, -0.15) is 0 Å². The van der Waals surface area contributed by atoms with E-state index in [9.17, 15) is 4.57 Å². The third kappa shape index (κ3) is 2.81. The van der Waals surface area contributed by atoms with Crippen LogP contribution in [0, 0.1) is 0 Å². The molecule has 0 unspecified atom stereocenters. The SMILES string of the molecule is CC(C)O[P@]1(=O)OC[C@H]2O[C@@H](n3cnc4c(N)ncnc43)[C@](C)(Cl)[C@@H]2O1. The average Bonchev–Trinajstić information content (AvgIpc) is 3.07. The number of rotatable bonds is 3. The molecule has 5 atom stereocenters. The number of aromatic nitrogens is 4. The predicted molar refractivity (Wildman–Crippen MR) is 92.6 cm³/mol. The molecule has 4 rings (SSSR count). The van der Waals surface area contributed by atoms with E-state index >= 15 is 0 Å². The number of phosphoric ester groups is 1. The molecule has 0 aromatic carbocycles. The van der Waals surface area contributed by atoms with E-state index in [1.807, 2.05) is 0 Å². The molecule has 12 heteroatoms. The van der Waals surface area contributed by atoms with Crippen molar-refractivity contribution in [2.24, 2.45) is 0 Å². The van der Waals surface area contributed by atoms with Gasteiger partial charge < -0.3 is 10.5 Å². The maximum absolute atomic E-state index is 12.7. The zero-order valence-electron chi connectivity index (χ0n) is 14.4. The normalized spacial score (nSPS) is 37.3. The fraction of sp³-hybridized carbons (Fsp3) is 0.643. The molecule has 0 saturated carbocycles. The molecule has 0 aliphatic carbocycles. The van der Waals surface area contributed by atoms with Crippen molar-refractivity contribution >= 4 is 36.4 Å². The Morgan fingerprint density at radius 1 is 1.46 bits per heavy atom. The molecular weight excluding hydrogens is 385 g/mol. The number of hydrogen-bond donors (Lipinski definition) is 1. The smallest absolute Gasteiger partial charge is 0.382 e. The van der Waals surface area contributed by atoms with Crippen LogP contribution in [0.25, 0.3) is 11.2 Å². The van der Waals surface area contributed by atoms with Gasteiger partial charge in [-0.3, -0.25) is 18.1 Å². The summed E-state index contributed by atoms with van der Waals surface area (Å²) in [6.45, 7) is 5.27. The van der Waals surface area contributed by atoms with Gasteiger partial charge in [-0.25, -0.2) is 19.5 Å². The first-order valence-corrected chi connectivity index (χ1v) is 9.94. The predicted octanol–water partition coefficient (Wildman–Crippen LogP) is 2.25. The number of nitrogens with zero attached hydrogens (tertiary/aromatic N) is 4. The number of nitrogen functional groups attached to an aromatic ring is 1. The van der Waals surface area contributed by atoms with Gasteiger partial charge in [-0.1, -0.05) is 0 Å². The largest absolute Gasteiger partial charge is 0.475 e. The van der Waals surface area contributed by atoms with E-state index in [0.717, 1.165) is 0 Å². The molecule has 2 saturated heterocycles. The average molecular weight is 404 g/mol. The number of fused-ring (bicyclic) bond motifs is 2. The van der Waals surface area contributed by atoms with Crippen LogP contribution in [-0.2, 0) is 22.9 Å². The Morgan fingerprint density at radius 2 is 2.23 bits per heavy atom. The molecule has 26 heavy (non-hydrogen) atoms. The molecule has 0 bridgehead atoms. The van der Waals surface area contributed by atoms with Crippen molar-refractivity contribution in [3.8, 4) is 0 Å². The van der Waals surface area contributed by atoms with Crippen LogP contribution >= 0.6 is 19.4 Å². The molecule has 2 fully saturated rings. The highest BCUT2D eigenvalue weighted by Crippen LogP contribution is 2.60. The van der Waals surface area contributed by atoms with Gasteiger partial charge in [0.1, 0.15) is 28.9 Å². The molecular formula is C14H19ClN5O5P. The number of imidazole rings is 1. The van der Waals surface area contributed by atoms with Crippen LogP contribution < -0.4 is 5.73 Å². The van der Waals surface area contributed by atoms with Crippen molar-refractivity contribution in [1.29, 1.82) is 0 Å². The van der Waals surface area contributed by atoms with Gasteiger partial charge in [-0.15, -0.1) is 11.6 Å². The summed E-state index contributed by atoms with van der Waals surface area (Å²) in [4.78, 5) is 11.3. The molecule has 2 aliphatic rings. The van der Waals surface area contributed by atoms with Crippen molar-refractivity contribution in [2.75, 3.05) is 12.3 Å². The molecule has 2 aromatic rings. The van der Waals surface area contributed by atoms with Gasteiger partial charge in [0.25, 0.3) is 0 Å². The van der Waals surface area contributed by atoms with Crippen LogP contribution in [-0.4, -0.2) is 49.3 Å². The highest BCUT2D eigenvalue weighted by Gasteiger charge is 2.60. The molecule has 0 amide bonds. The Labute approximate surface area is 154 Å². The van der Waals surface area contributed by atoms with Crippen LogP contribution in [0.3, 0.4) is 0 Å².